The molecule has 2 N–H and O–H groups in total. The lowest BCUT2D eigenvalue weighted by atomic mass is 10.1. The van der Waals surface area contributed by atoms with Gasteiger partial charge in [0.1, 0.15) is 17.2 Å². The number of aromatic nitrogens is 3. The minimum Gasteiger partial charge on any atom is -0.477 e. The highest BCUT2D eigenvalue weighted by Crippen LogP contribution is 2.14. The van der Waals surface area contributed by atoms with Crippen LogP contribution in [-0.2, 0) is 6.54 Å². The van der Waals surface area contributed by atoms with E-state index in [1.54, 1.807) is 19.3 Å². The van der Waals surface area contributed by atoms with Crippen LogP contribution in [0.4, 0.5) is 5.82 Å². The molecular formula is C13H14N4O2. The molecule has 6 heteroatoms. The van der Waals surface area contributed by atoms with Crippen LogP contribution in [0.25, 0.3) is 0 Å². The highest BCUT2D eigenvalue weighted by molar-refractivity contribution is 5.92. The van der Waals surface area contributed by atoms with Crippen molar-refractivity contribution < 1.29 is 9.90 Å². The summed E-state index contributed by atoms with van der Waals surface area (Å²) in [6.07, 6.45) is 4.78. The van der Waals surface area contributed by atoms with Gasteiger partial charge in [0.2, 0.25) is 0 Å². The Balaban J connectivity index is 2.22. The first-order valence-corrected chi connectivity index (χ1v) is 5.78. The van der Waals surface area contributed by atoms with E-state index in [1.807, 2.05) is 13.0 Å². The number of aryl methyl sites for hydroxylation is 2. The van der Waals surface area contributed by atoms with E-state index in [0.717, 1.165) is 11.1 Å². The molecule has 2 heterocycles. The predicted octanol–water partition coefficient (Wildman–Crippen LogP) is 1.80. The van der Waals surface area contributed by atoms with Gasteiger partial charge in [0.05, 0.1) is 0 Å². The SMILES string of the molecule is Cc1ncc(C(=O)O)c(NCc2ccncc2C)n1. The average Bonchev–Trinajstić information content (AvgIpc) is 2.37. The van der Waals surface area contributed by atoms with Crippen molar-refractivity contribution in [2.75, 3.05) is 5.32 Å². The largest absolute Gasteiger partial charge is 0.477 e. The Labute approximate surface area is 110 Å². The summed E-state index contributed by atoms with van der Waals surface area (Å²) < 4.78 is 0. The minimum atomic E-state index is -1.05. The highest BCUT2D eigenvalue weighted by atomic mass is 16.4. The Morgan fingerprint density at radius 1 is 1.37 bits per heavy atom. The molecule has 2 aromatic heterocycles. The first kappa shape index (κ1) is 12.9. The topological polar surface area (TPSA) is 88.0 Å². The molecule has 19 heavy (non-hydrogen) atoms. The van der Waals surface area contributed by atoms with Crippen LogP contribution >= 0.6 is 0 Å². The predicted molar refractivity (Wildman–Crippen MR) is 70.0 cm³/mol. The van der Waals surface area contributed by atoms with Gasteiger partial charge in [-0.2, -0.15) is 0 Å². The van der Waals surface area contributed by atoms with Gasteiger partial charge in [-0.25, -0.2) is 14.8 Å². The van der Waals surface area contributed by atoms with Gasteiger partial charge >= 0.3 is 5.97 Å². The Kier molecular flexibility index (Phi) is 3.70. The summed E-state index contributed by atoms with van der Waals surface area (Å²) in [6.45, 7) is 4.16. The number of carbonyl (C=O) groups is 1. The number of anilines is 1. The lowest BCUT2D eigenvalue weighted by Crippen LogP contribution is -2.10. The van der Waals surface area contributed by atoms with E-state index in [1.165, 1.54) is 6.20 Å². The van der Waals surface area contributed by atoms with Crippen LogP contribution in [0.15, 0.2) is 24.7 Å². The van der Waals surface area contributed by atoms with Gasteiger partial charge in [-0.15, -0.1) is 0 Å². The molecule has 0 aromatic carbocycles. The second-order valence-corrected chi connectivity index (χ2v) is 4.14. The molecule has 0 unspecified atom stereocenters. The number of aromatic carboxylic acids is 1. The van der Waals surface area contributed by atoms with Gasteiger partial charge in [0.15, 0.2) is 0 Å². The van der Waals surface area contributed by atoms with E-state index in [4.69, 9.17) is 5.11 Å². The molecule has 0 fully saturated rings. The number of hydrogen-bond acceptors (Lipinski definition) is 5. The summed E-state index contributed by atoms with van der Waals surface area (Å²) >= 11 is 0. The number of hydrogen-bond donors (Lipinski definition) is 2. The normalized spacial score (nSPS) is 10.2. The van der Waals surface area contributed by atoms with Crippen LogP contribution in [-0.4, -0.2) is 26.0 Å². The molecule has 0 aliphatic rings. The minimum absolute atomic E-state index is 0.0670. The molecule has 98 valence electrons. The van der Waals surface area contributed by atoms with E-state index in [9.17, 15) is 4.79 Å². The fourth-order valence-electron chi connectivity index (χ4n) is 1.64. The number of rotatable bonds is 4. The van der Waals surface area contributed by atoms with Crippen molar-refractivity contribution in [2.24, 2.45) is 0 Å². The Bertz CT molecular complexity index is 613. The summed E-state index contributed by atoms with van der Waals surface area (Å²) in [7, 11) is 0. The standard InChI is InChI=1S/C13H14N4O2/c1-8-5-14-4-3-10(8)6-16-12-11(13(18)19)7-15-9(2)17-12/h3-5,7H,6H2,1-2H3,(H,18,19)(H,15,16,17). The van der Waals surface area contributed by atoms with Crippen molar-refractivity contribution in [1.29, 1.82) is 0 Å². The number of nitrogens with zero attached hydrogens (tertiary/aromatic N) is 3. The van der Waals surface area contributed by atoms with Crippen molar-refractivity contribution in [3.8, 4) is 0 Å². The quantitative estimate of drug-likeness (QED) is 0.869. The molecule has 2 aromatic rings. The van der Waals surface area contributed by atoms with Crippen LogP contribution in [0.5, 0.6) is 0 Å². The molecular weight excluding hydrogens is 244 g/mol. The Hall–Kier alpha value is -2.50. The number of nitrogens with one attached hydrogen (secondary N) is 1. The molecule has 0 atom stereocenters. The number of carboxylic acid groups (broad SMARTS) is 1. The highest BCUT2D eigenvalue weighted by Gasteiger charge is 2.12. The Morgan fingerprint density at radius 2 is 2.16 bits per heavy atom. The third-order valence-electron chi connectivity index (χ3n) is 2.72. The fraction of sp³-hybridized carbons (Fsp3) is 0.231. The summed E-state index contributed by atoms with van der Waals surface area (Å²) in [4.78, 5) is 23.1. The molecule has 0 bridgehead atoms. The third-order valence-corrected chi connectivity index (χ3v) is 2.72. The summed E-state index contributed by atoms with van der Waals surface area (Å²) in [5, 5.41) is 12.1. The smallest absolute Gasteiger partial charge is 0.341 e. The number of pyridine rings is 1. The molecule has 0 aliphatic heterocycles. The van der Waals surface area contributed by atoms with E-state index in [0.29, 0.717) is 18.2 Å². The van der Waals surface area contributed by atoms with Crippen LogP contribution in [0.1, 0.15) is 27.3 Å². The zero-order valence-electron chi connectivity index (χ0n) is 10.7. The second kappa shape index (κ2) is 5.43. The van der Waals surface area contributed by atoms with Crippen LogP contribution in [0.2, 0.25) is 0 Å². The Morgan fingerprint density at radius 3 is 2.84 bits per heavy atom. The molecule has 0 aliphatic carbocycles. The summed E-state index contributed by atoms with van der Waals surface area (Å²) in [5.74, 6) is -0.191. The van der Waals surface area contributed by atoms with Crippen LogP contribution in [0.3, 0.4) is 0 Å². The number of carboxylic acids is 1. The maximum absolute atomic E-state index is 11.1. The van der Waals surface area contributed by atoms with Gasteiger partial charge < -0.3 is 10.4 Å². The molecule has 0 saturated carbocycles. The fourth-order valence-corrected chi connectivity index (χ4v) is 1.64. The van der Waals surface area contributed by atoms with Gasteiger partial charge in [0.25, 0.3) is 0 Å². The maximum atomic E-state index is 11.1. The molecule has 0 saturated heterocycles. The zero-order chi connectivity index (χ0) is 13.8. The lowest BCUT2D eigenvalue weighted by Gasteiger charge is -2.10. The third kappa shape index (κ3) is 3.04. The maximum Gasteiger partial charge on any atom is 0.341 e. The van der Waals surface area contributed by atoms with E-state index in [2.05, 4.69) is 20.3 Å². The zero-order valence-corrected chi connectivity index (χ0v) is 10.7. The van der Waals surface area contributed by atoms with Gasteiger partial charge in [0, 0.05) is 25.1 Å². The first-order chi connectivity index (χ1) is 9.08. The molecule has 0 radical (unpaired) electrons. The van der Waals surface area contributed by atoms with Crippen molar-refractivity contribution in [3.05, 3.63) is 47.2 Å². The van der Waals surface area contributed by atoms with Gasteiger partial charge in [-0.1, -0.05) is 0 Å². The molecule has 2 rings (SSSR count). The van der Waals surface area contributed by atoms with Gasteiger partial charge in [-0.3, -0.25) is 4.98 Å². The van der Waals surface area contributed by atoms with Crippen molar-refractivity contribution in [2.45, 2.75) is 20.4 Å². The van der Waals surface area contributed by atoms with Crippen LogP contribution < -0.4 is 5.32 Å². The van der Waals surface area contributed by atoms with Crippen molar-refractivity contribution in [3.63, 3.8) is 0 Å². The van der Waals surface area contributed by atoms with E-state index >= 15 is 0 Å². The summed E-state index contributed by atoms with van der Waals surface area (Å²) in [5.41, 5.74) is 2.15. The monoisotopic (exact) mass is 258 g/mol. The van der Waals surface area contributed by atoms with E-state index in [-0.39, 0.29) is 5.56 Å². The lowest BCUT2D eigenvalue weighted by molar-refractivity contribution is 0.0697. The van der Waals surface area contributed by atoms with Crippen molar-refractivity contribution >= 4 is 11.8 Å². The second-order valence-electron chi connectivity index (χ2n) is 4.14. The van der Waals surface area contributed by atoms with Gasteiger partial charge in [-0.05, 0) is 31.0 Å². The molecule has 6 nitrogen and oxygen atoms in total. The molecule has 0 spiro atoms. The first-order valence-electron chi connectivity index (χ1n) is 5.78. The van der Waals surface area contributed by atoms with E-state index < -0.39 is 5.97 Å². The van der Waals surface area contributed by atoms with Crippen molar-refractivity contribution in [1.82, 2.24) is 15.0 Å². The average molecular weight is 258 g/mol. The molecule has 0 amide bonds. The van der Waals surface area contributed by atoms with Crippen LogP contribution in [0, 0.1) is 13.8 Å². The summed E-state index contributed by atoms with van der Waals surface area (Å²) in [6, 6.07) is 1.89.